The zero-order chi connectivity index (χ0) is 23.9. The third kappa shape index (κ3) is 3.99. The number of carbonyl (C=O) groups is 1. The van der Waals surface area contributed by atoms with Gasteiger partial charge >= 0.3 is 6.18 Å². The number of anilines is 1. The first-order valence-corrected chi connectivity index (χ1v) is 11.4. The van der Waals surface area contributed by atoms with Crippen LogP contribution in [0.25, 0.3) is 11.4 Å². The van der Waals surface area contributed by atoms with Gasteiger partial charge in [0.25, 0.3) is 5.91 Å². The van der Waals surface area contributed by atoms with Crippen molar-refractivity contribution >= 4 is 11.7 Å². The van der Waals surface area contributed by atoms with Crippen molar-refractivity contribution in [1.29, 1.82) is 0 Å². The molecule has 2 bridgehead atoms. The molecule has 4 atom stereocenters. The van der Waals surface area contributed by atoms with Gasteiger partial charge < -0.3 is 10.2 Å². The second-order valence-electron chi connectivity index (χ2n) is 8.79. The predicted octanol–water partition coefficient (Wildman–Crippen LogP) is 5.05. The Kier molecular flexibility index (Phi) is 5.71. The van der Waals surface area contributed by atoms with E-state index < -0.39 is 11.7 Å². The largest absolute Gasteiger partial charge is 0.417 e. The van der Waals surface area contributed by atoms with E-state index in [1.165, 1.54) is 6.07 Å². The Morgan fingerprint density at radius 2 is 1.82 bits per heavy atom. The van der Waals surface area contributed by atoms with Crippen LogP contribution in [-0.2, 0) is 6.18 Å². The summed E-state index contributed by atoms with van der Waals surface area (Å²) in [6.07, 6.45) is 2.24. The zero-order valence-electron chi connectivity index (χ0n) is 18.5. The highest BCUT2D eigenvalue weighted by atomic mass is 19.4. The van der Waals surface area contributed by atoms with Gasteiger partial charge in [0.15, 0.2) is 5.82 Å². The van der Waals surface area contributed by atoms with Crippen LogP contribution in [-0.4, -0.2) is 43.9 Å². The van der Waals surface area contributed by atoms with E-state index in [9.17, 15) is 18.0 Å². The molecule has 9 heteroatoms. The molecule has 1 aromatic carbocycles. The number of nitrogens with one attached hydrogen (secondary N) is 1. The smallest absolute Gasteiger partial charge is 0.365 e. The maximum absolute atomic E-state index is 13.9. The number of piperidine rings is 1. The van der Waals surface area contributed by atoms with Crippen molar-refractivity contribution in [2.45, 2.75) is 50.5 Å². The number of alkyl halides is 3. The van der Waals surface area contributed by atoms with Crippen molar-refractivity contribution in [1.82, 2.24) is 19.9 Å². The van der Waals surface area contributed by atoms with Crippen LogP contribution in [0.5, 0.6) is 0 Å². The first-order chi connectivity index (χ1) is 16.4. The third-order valence-electron chi connectivity index (χ3n) is 6.87. The van der Waals surface area contributed by atoms with E-state index in [0.717, 1.165) is 31.5 Å². The van der Waals surface area contributed by atoms with Crippen molar-refractivity contribution in [3.05, 3.63) is 72.2 Å². The number of nitrogens with zero attached hydrogens (tertiary/aromatic N) is 4. The van der Waals surface area contributed by atoms with Gasteiger partial charge in [-0.3, -0.25) is 4.79 Å². The fraction of sp³-hybridized carbons (Fsp3) is 0.360. The van der Waals surface area contributed by atoms with Gasteiger partial charge in [0.2, 0.25) is 0 Å². The average molecular weight is 467 g/mol. The highest BCUT2D eigenvalue weighted by molar-refractivity contribution is 6.00. The number of hydrogen-bond acceptors (Lipinski definition) is 5. The molecular weight excluding hydrogens is 443 g/mol. The number of pyridine rings is 1. The van der Waals surface area contributed by atoms with Crippen LogP contribution in [0.4, 0.5) is 19.0 Å². The summed E-state index contributed by atoms with van der Waals surface area (Å²) in [6, 6.07) is 11.4. The minimum atomic E-state index is -4.43. The second-order valence-corrected chi connectivity index (χ2v) is 8.79. The molecule has 0 unspecified atom stereocenters. The van der Waals surface area contributed by atoms with Crippen LogP contribution in [0, 0.1) is 5.92 Å². The quantitative estimate of drug-likeness (QED) is 0.569. The van der Waals surface area contributed by atoms with Gasteiger partial charge in [-0.15, -0.1) is 0 Å². The van der Waals surface area contributed by atoms with E-state index in [4.69, 9.17) is 0 Å². The zero-order valence-corrected chi connectivity index (χ0v) is 18.5. The van der Waals surface area contributed by atoms with Crippen LogP contribution in [0.15, 0.2) is 61.1 Å². The summed E-state index contributed by atoms with van der Waals surface area (Å²) in [5.74, 6) is 1.12. The molecule has 5 rings (SSSR count). The lowest BCUT2D eigenvalue weighted by Crippen LogP contribution is -2.52. The summed E-state index contributed by atoms with van der Waals surface area (Å²) in [5, 5.41) is 3.28. The monoisotopic (exact) mass is 467 g/mol. The Balaban J connectivity index is 1.41. The number of benzene rings is 1. The molecule has 0 radical (unpaired) electrons. The van der Waals surface area contributed by atoms with E-state index in [1.54, 1.807) is 24.5 Å². The van der Waals surface area contributed by atoms with E-state index in [0.29, 0.717) is 28.7 Å². The topological polar surface area (TPSA) is 71.0 Å². The molecule has 0 spiro atoms. The summed E-state index contributed by atoms with van der Waals surface area (Å²) in [7, 11) is 0. The lowest BCUT2D eigenvalue weighted by molar-refractivity contribution is -0.137. The van der Waals surface area contributed by atoms with E-state index in [-0.39, 0.29) is 24.0 Å². The Labute approximate surface area is 195 Å². The summed E-state index contributed by atoms with van der Waals surface area (Å²) in [5.41, 5.74) is 0.444. The van der Waals surface area contributed by atoms with Gasteiger partial charge in [0, 0.05) is 36.2 Å². The molecule has 2 fully saturated rings. The number of carbonyl (C=O) groups excluding carboxylic acids is 1. The minimum Gasteiger partial charge on any atom is -0.365 e. The molecular formula is C25H24F3N5O. The molecule has 6 nitrogen and oxygen atoms in total. The third-order valence-corrected chi connectivity index (χ3v) is 6.87. The molecule has 176 valence electrons. The van der Waals surface area contributed by atoms with Crippen molar-refractivity contribution in [2.24, 2.45) is 5.92 Å². The highest BCUT2D eigenvalue weighted by Crippen LogP contribution is 2.46. The van der Waals surface area contributed by atoms with Crippen LogP contribution < -0.4 is 5.32 Å². The van der Waals surface area contributed by atoms with Gasteiger partial charge in [0.1, 0.15) is 5.82 Å². The fourth-order valence-corrected chi connectivity index (χ4v) is 5.41. The van der Waals surface area contributed by atoms with E-state index in [2.05, 4.69) is 27.2 Å². The molecule has 1 saturated carbocycles. The first kappa shape index (κ1) is 22.3. The number of rotatable bonds is 5. The standard InChI is InChI=1S/C25H24F3N5O/c1-2-20-15-12-19(32-22-9-8-16(14-31-22)25(26,27)28)21(13-15)33(20)24(34)18-7-4-3-6-17(18)23-29-10-5-11-30-23/h3-11,14-15,19-21H,2,12-13H2,1H3,(H,31,32)/t15-,19+,20+,21-/m0/s1. The van der Waals surface area contributed by atoms with E-state index in [1.807, 2.05) is 23.1 Å². The van der Waals surface area contributed by atoms with Crippen LogP contribution in [0.1, 0.15) is 42.1 Å². The van der Waals surface area contributed by atoms with Gasteiger partial charge in [-0.05, 0) is 49.4 Å². The number of aromatic nitrogens is 3. The molecule has 1 aliphatic carbocycles. The molecule has 2 aliphatic rings. The molecule has 3 heterocycles. The Hall–Kier alpha value is -3.49. The average Bonchev–Trinajstić information content (AvgIpc) is 3.42. The molecule has 1 amide bonds. The van der Waals surface area contributed by atoms with Crippen LogP contribution in [0.3, 0.4) is 0 Å². The summed E-state index contributed by atoms with van der Waals surface area (Å²) >= 11 is 0. The van der Waals surface area contributed by atoms with Gasteiger partial charge in [-0.1, -0.05) is 25.1 Å². The first-order valence-electron chi connectivity index (χ1n) is 11.4. The fourth-order valence-electron chi connectivity index (χ4n) is 5.41. The van der Waals surface area contributed by atoms with Gasteiger partial charge in [-0.25, -0.2) is 15.0 Å². The number of hydrogen-bond donors (Lipinski definition) is 1. The Bertz CT molecular complexity index is 1170. The number of likely N-dealkylation sites (tertiary alicyclic amines) is 1. The molecule has 1 N–H and O–H groups in total. The van der Waals surface area contributed by atoms with Gasteiger partial charge in [-0.2, -0.15) is 13.2 Å². The minimum absolute atomic E-state index is 0.0729. The number of halogens is 3. The summed E-state index contributed by atoms with van der Waals surface area (Å²) in [4.78, 5) is 28.4. The Morgan fingerprint density at radius 3 is 2.50 bits per heavy atom. The normalized spacial score (nSPS) is 23.8. The second kappa shape index (κ2) is 8.70. The number of fused-ring (bicyclic) bond motifs is 2. The lowest BCUT2D eigenvalue weighted by atomic mass is 9.93. The van der Waals surface area contributed by atoms with Crippen molar-refractivity contribution in [2.75, 3.05) is 5.32 Å². The van der Waals surface area contributed by atoms with E-state index >= 15 is 0 Å². The van der Waals surface area contributed by atoms with Gasteiger partial charge in [0.05, 0.1) is 17.2 Å². The molecule has 1 aliphatic heterocycles. The maximum atomic E-state index is 13.9. The van der Waals surface area contributed by atoms with Crippen LogP contribution >= 0.6 is 0 Å². The summed E-state index contributed by atoms with van der Waals surface area (Å²) < 4.78 is 38.6. The van der Waals surface area contributed by atoms with Crippen molar-refractivity contribution in [3.63, 3.8) is 0 Å². The van der Waals surface area contributed by atoms with Crippen molar-refractivity contribution in [3.8, 4) is 11.4 Å². The van der Waals surface area contributed by atoms with Crippen molar-refractivity contribution < 1.29 is 18.0 Å². The molecule has 2 aromatic heterocycles. The maximum Gasteiger partial charge on any atom is 0.417 e. The molecule has 34 heavy (non-hydrogen) atoms. The van der Waals surface area contributed by atoms with Crippen LogP contribution in [0.2, 0.25) is 0 Å². The lowest BCUT2D eigenvalue weighted by Gasteiger charge is -2.40. The molecule has 1 saturated heterocycles. The highest BCUT2D eigenvalue weighted by Gasteiger charge is 2.52. The molecule has 3 aromatic rings. The summed E-state index contributed by atoms with van der Waals surface area (Å²) in [6.45, 7) is 2.08. The SMILES string of the molecule is CC[C@@H]1[C@H]2C[C@@H](Nc3ccc(C(F)(F)F)cn3)[C@H](C2)N1C(=O)c1ccccc1-c1ncccn1. The Morgan fingerprint density at radius 1 is 1.06 bits per heavy atom. The number of amides is 1. The predicted molar refractivity (Wildman–Crippen MR) is 121 cm³/mol.